The van der Waals surface area contributed by atoms with Gasteiger partial charge in [0.05, 0.1) is 0 Å². The molecular formula is C18H25N. The number of likely N-dealkylation sites (tertiary alicyclic amines) is 1. The fourth-order valence-electron chi connectivity index (χ4n) is 5.31. The summed E-state index contributed by atoms with van der Waals surface area (Å²) in [5.41, 5.74) is 5.38. The Hall–Kier alpha value is -0.820. The quantitative estimate of drug-likeness (QED) is 0.683. The average molecular weight is 255 g/mol. The van der Waals surface area contributed by atoms with E-state index < -0.39 is 0 Å². The second kappa shape index (κ2) is 4.09. The predicted molar refractivity (Wildman–Crippen MR) is 79.6 cm³/mol. The number of hydrogen-bond acceptors (Lipinski definition) is 1. The minimum absolute atomic E-state index is 0.537. The monoisotopic (exact) mass is 255 g/mol. The van der Waals surface area contributed by atoms with Gasteiger partial charge in [0.1, 0.15) is 0 Å². The average Bonchev–Trinajstić information content (AvgIpc) is 2.43. The van der Waals surface area contributed by atoms with Crippen LogP contribution in [0.5, 0.6) is 0 Å². The summed E-state index contributed by atoms with van der Waals surface area (Å²) in [6.45, 7) is 3.56. The molecule has 3 unspecified atom stereocenters. The highest BCUT2D eigenvalue weighted by molar-refractivity contribution is 5.43. The van der Waals surface area contributed by atoms with Gasteiger partial charge in [-0.3, -0.25) is 0 Å². The fraction of sp³-hybridized carbons (Fsp3) is 0.667. The van der Waals surface area contributed by atoms with Crippen LogP contribution < -0.4 is 0 Å². The molecule has 1 nitrogen and oxygen atoms in total. The van der Waals surface area contributed by atoms with E-state index in [0.29, 0.717) is 5.41 Å². The third kappa shape index (κ3) is 1.57. The molecule has 1 saturated carbocycles. The summed E-state index contributed by atoms with van der Waals surface area (Å²) in [7, 11) is 2.35. The van der Waals surface area contributed by atoms with Gasteiger partial charge in [0.15, 0.2) is 0 Å². The minimum Gasteiger partial charge on any atom is -0.303 e. The van der Waals surface area contributed by atoms with Gasteiger partial charge in [-0.1, -0.05) is 36.6 Å². The normalized spacial score (nSPS) is 37.6. The van der Waals surface area contributed by atoms with E-state index >= 15 is 0 Å². The van der Waals surface area contributed by atoms with Crippen molar-refractivity contribution in [2.45, 2.75) is 56.9 Å². The highest BCUT2D eigenvalue weighted by Crippen LogP contribution is 2.55. The maximum atomic E-state index is 2.65. The van der Waals surface area contributed by atoms with Gasteiger partial charge >= 0.3 is 0 Å². The number of aryl methyl sites for hydroxylation is 1. The van der Waals surface area contributed by atoms with Crippen LogP contribution >= 0.6 is 0 Å². The van der Waals surface area contributed by atoms with Crippen molar-refractivity contribution in [1.29, 1.82) is 0 Å². The van der Waals surface area contributed by atoms with Crippen molar-refractivity contribution >= 4 is 0 Å². The van der Waals surface area contributed by atoms with E-state index in [1.807, 2.05) is 0 Å². The van der Waals surface area contributed by atoms with Crippen LogP contribution in [0, 0.1) is 12.8 Å². The van der Waals surface area contributed by atoms with Crippen molar-refractivity contribution in [2.24, 2.45) is 5.92 Å². The molecule has 3 atom stereocenters. The summed E-state index contributed by atoms with van der Waals surface area (Å²) in [6, 6.07) is 8.07. The Bertz CT molecular complexity index is 506. The van der Waals surface area contributed by atoms with Crippen LogP contribution in [0.1, 0.15) is 48.8 Å². The first-order valence-electron chi connectivity index (χ1n) is 8.01. The van der Waals surface area contributed by atoms with Crippen LogP contribution in [0.25, 0.3) is 0 Å². The van der Waals surface area contributed by atoms with E-state index in [2.05, 4.69) is 37.1 Å². The summed E-state index contributed by atoms with van der Waals surface area (Å²) in [5.74, 6) is 0.925. The molecule has 2 fully saturated rings. The van der Waals surface area contributed by atoms with Crippen molar-refractivity contribution in [1.82, 2.24) is 4.90 Å². The SMILES string of the molecule is Cc1ccc2c(c1)C13CCCCC1C(C2)N(C)CC3. The largest absolute Gasteiger partial charge is 0.303 e. The first kappa shape index (κ1) is 12.0. The van der Waals surface area contributed by atoms with Crippen molar-refractivity contribution < 1.29 is 0 Å². The van der Waals surface area contributed by atoms with Gasteiger partial charge in [-0.15, -0.1) is 0 Å². The molecule has 0 spiro atoms. The van der Waals surface area contributed by atoms with Gasteiger partial charge in [0.2, 0.25) is 0 Å². The Kier molecular flexibility index (Phi) is 2.57. The molecule has 0 aromatic heterocycles. The summed E-state index contributed by atoms with van der Waals surface area (Å²) in [6.07, 6.45) is 8.48. The summed E-state index contributed by atoms with van der Waals surface area (Å²) in [5, 5.41) is 0. The first-order valence-corrected chi connectivity index (χ1v) is 8.01. The second-order valence-electron chi connectivity index (χ2n) is 7.17. The molecule has 2 bridgehead atoms. The molecule has 1 aliphatic heterocycles. The minimum atomic E-state index is 0.537. The highest BCUT2D eigenvalue weighted by Gasteiger charge is 2.52. The maximum Gasteiger partial charge on any atom is 0.0169 e. The lowest BCUT2D eigenvalue weighted by molar-refractivity contribution is 0.00283. The molecule has 1 aromatic rings. The van der Waals surface area contributed by atoms with Crippen LogP contribution in [-0.2, 0) is 11.8 Å². The molecule has 1 saturated heterocycles. The Labute approximate surface area is 117 Å². The number of rotatable bonds is 0. The lowest BCUT2D eigenvalue weighted by Gasteiger charge is -2.58. The zero-order valence-electron chi connectivity index (χ0n) is 12.3. The van der Waals surface area contributed by atoms with Crippen LogP contribution in [0.3, 0.4) is 0 Å². The molecule has 19 heavy (non-hydrogen) atoms. The van der Waals surface area contributed by atoms with Crippen LogP contribution in [0.4, 0.5) is 0 Å². The molecule has 0 N–H and O–H groups in total. The highest BCUT2D eigenvalue weighted by atomic mass is 15.1. The third-order valence-corrected chi connectivity index (χ3v) is 6.27. The van der Waals surface area contributed by atoms with E-state index in [9.17, 15) is 0 Å². The molecule has 2 aliphatic carbocycles. The van der Waals surface area contributed by atoms with Crippen LogP contribution in [0.2, 0.25) is 0 Å². The molecule has 0 amide bonds. The van der Waals surface area contributed by atoms with Crippen LogP contribution in [0.15, 0.2) is 18.2 Å². The molecule has 1 aromatic carbocycles. The van der Waals surface area contributed by atoms with Gasteiger partial charge in [-0.05, 0) is 63.2 Å². The van der Waals surface area contributed by atoms with E-state index in [1.54, 1.807) is 11.1 Å². The second-order valence-corrected chi connectivity index (χ2v) is 7.17. The number of piperidine rings is 1. The van der Waals surface area contributed by atoms with Crippen molar-refractivity contribution in [3.05, 3.63) is 34.9 Å². The molecule has 3 aliphatic rings. The van der Waals surface area contributed by atoms with Gasteiger partial charge in [-0.2, -0.15) is 0 Å². The van der Waals surface area contributed by atoms with E-state index in [4.69, 9.17) is 0 Å². The van der Waals surface area contributed by atoms with E-state index in [0.717, 1.165) is 12.0 Å². The summed E-state index contributed by atoms with van der Waals surface area (Å²) in [4.78, 5) is 2.65. The summed E-state index contributed by atoms with van der Waals surface area (Å²) < 4.78 is 0. The third-order valence-electron chi connectivity index (χ3n) is 6.27. The number of fused-ring (bicyclic) bond motifs is 1. The van der Waals surface area contributed by atoms with E-state index in [1.165, 1.54) is 50.6 Å². The smallest absolute Gasteiger partial charge is 0.0169 e. The molecule has 1 heterocycles. The van der Waals surface area contributed by atoms with Crippen molar-refractivity contribution in [2.75, 3.05) is 13.6 Å². The van der Waals surface area contributed by atoms with Gasteiger partial charge in [0, 0.05) is 11.5 Å². The summed E-state index contributed by atoms with van der Waals surface area (Å²) >= 11 is 0. The number of benzene rings is 1. The Morgan fingerprint density at radius 3 is 3.00 bits per heavy atom. The molecule has 0 radical (unpaired) electrons. The predicted octanol–water partition coefficient (Wildman–Crippen LogP) is 3.68. The van der Waals surface area contributed by atoms with Gasteiger partial charge in [0.25, 0.3) is 0 Å². The Morgan fingerprint density at radius 2 is 2.11 bits per heavy atom. The van der Waals surface area contributed by atoms with Gasteiger partial charge in [-0.25, -0.2) is 0 Å². The lowest BCUT2D eigenvalue weighted by atomic mass is 9.52. The fourth-order valence-corrected chi connectivity index (χ4v) is 5.31. The number of nitrogens with zero attached hydrogens (tertiary/aromatic N) is 1. The lowest BCUT2D eigenvalue weighted by Crippen LogP contribution is -2.59. The molecule has 4 rings (SSSR count). The number of likely N-dealkylation sites (N-methyl/N-ethyl adjacent to an activating group) is 1. The molecule has 102 valence electrons. The topological polar surface area (TPSA) is 3.24 Å². The zero-order valence-corrected chi connectivity index (χ0v) is 12.3. The zero-order chi connectivity index (χ0) is 13.0. The molecular weight excluding hydrogens is 230 g/mol. The van der Waals surface area contributed by atoms with E-state index in [-0.39, 0.29) is 0 Å². The maximum absolute atomic E-state index is 2.65. The van der Waals surface area contributed by atoms with Gasteiger partial charge < -0.3 is 4.90 Å². The van der Waals surface area contributed by atoms with Crippen molar-refractivity contribution in [3.8, 4) is 0 Å². The Morgan fingerprint density at radius 1 is 1.21 bits per heavy atom. The first-order chi connectivity index (χ1) is 9.21. The van der Waals surface area contributed by atoms with Crippen LogP contribution in [-0.4, -0.2) is 24.5 Å². The molecule has 1 heteroatoms. The number of hydrogen-bond donors (Lipinski definition) is 0. The van der Waals surface area contributed by atoms with Crippen molar-refractivity contribution in [3.63, 3.8) is 0 Å². The standard InChI is InChI=1S/C18H25N/c1-13-6-7-14-12-17-15-5-3-4-8-18(15,16(14)11-13)9-10-19(17)2/h6-7,11,15,17H,3-5,8-10,12H2,1-2H3. The Balaban J connectivity index is 1.90.